The Kier molecular flexibility index (Phi) is 4.14. The maximum absolute atomic E-state index is 12.6. The predicted octanol–water partition coefficient (Wildman–Crippen LogP) is 2.71. The average Bonchev–Trinajstić information content (AvgIpc) is 3.21. The number of rotatable bonds is 4. The first kappa shape index (κ1) is 15.4. The summed E-state index contributed by atoms with van der Waals surface area (Å²) in [6.07, 6.45) is 7.33. The number of halogens is 1. The van der Waals surface area contributed by atoms with Gasteiger partial charge in [-0.2, -0.15) is 5.10 Å². The topological polar surface area (TPSA) is 60.2 Å². The van der Waals surface area contributed by atoms with E-state index in [1.165, 1.54) is 0 Å². The minimum absolute atomic E-state index is 0.0643. The number of hydrogen-bond donors (Lipinski definition) is 0. The summed E-state index contributed by atoms with van der Waals surface area (Å²) in [4.78, 5) is 18.7. The maximum atomic E-state index is 12.6. The second-order valence-corrected chi connectivity index (χ2v) is 6.87. The molecule has 0 aliphatic carbocycles. The number of carbonyl (C=O) groups excluding carboxylic acids is 1. The third kappa shape index (κ3) is 2.98. The smallest absolute Gasteiger partial charge is 0.261 e. The first-order valence-corrected chi connectivity index (χ1v) is 8.62. The molecule has 2 bridgehead atoms. The van der Waals surface area contributed by atoms with Crippen LogP contribution in [0.25, 0.3) is 0 Å². The molecule has 1 aromatic heterocycles. The van der Waals surface area contributed by atoms with E-state index < -0.39 is 0 Å². The van der Waals surface area contributed by atoms with Crippen molar-refractivity contribution in [3.05, 3.63) is 41.9 Å². The second-order valence-electron chi connectivity index (χ2n) is 6.43. The molecule has 7 heteroatoms. The number of aromatic nitrogens is 3. The summed E-state index contributed by atoms with van der Waals surface area (Å²) in [5.41, 5.74) is 0. The zero-order chi connectivity index (χ0) is 16.5. The molecule has 2 fully saturated rings. The van der Waals surface area contributed by atoms with E-state index >= 15 is 0 Å². The first-order chi connectivity index (χ1) is 11.7. The van der Waals surface area contributed by atoms with Crippen molar-refractivity contribution in [2.45, 2.75) is 43.8 Å². The summed E-state index contributed by atoms with van der Waals surface area (Å²) >= 11 is 5.86. The Morgan fingerprint density at radius 2 is 1.88 bits per heavy atom. The van der Waals surface area contributed by atoms with Gasteiger partial charge in [-0.15, -0.1) is 0 Å². The van der Waals surface area contributed by atoms with Crippen LogP contribution >= 0.6 is 11.6 Å². The zero-order valence-corrected chi connectivity index (χ0v) is 14.0. The number of hydrogen-bond acceptors (Lipinski definition) is 4. The standard InChI is InChI=1S/C17H19ClN4O2/c18-12-1-5-16(6-2-12)24-9-17(23)22-13-3-4-14(22)8-15(7-13)21-11-19-10-20-21/h1-2,5-6,10-11,13-15H,3-4,7-9H2. The molecule has 0 radical (unpaired) electrons. The van der Waals surface area contributed by atoms with Gasteiger partial charge in [0.05, 0.1) is 6.04 Å². The largest absolute Gasteiger partial charge is 0.484 e. The van der Waals surface area contributed by atoms with Crippen LogP contribution in [0.1, 0.15) is 31.7 Å². The molecule has 4 rings (SSSR count). The van der Waals surface area contributed by atoms with E-state index in [9.17, 15) is 4.79 Å². The van der Waals surface area contributed by atoms with Crippen LogP contribution < -0.4 is 4.74 Å². The first-order valence-electron chi connectivity index (χ1n) is 8.24. The summed E-state index contributed by atoms with van der Waals surface area (Å²) in [6, 6.07) is 7.97. The van der Waals surface area contributed by atoms with Gasteiger partial charge in [0.15, 0.2) is 6.61 Å². The summed E-state index contributed by atoms with van der Waals surface area (Å²) in [7, 11) is 0. The van der Waals surface area contributed by atoms with Crippen LogP contribution in [0.3, 0.4) is 0 Å². The summed E-state index contributed by atoms with van der Waals surface area (Å²) < 4.78 is 7.55. The third-order valence-corrected chi connectivity index (χ3v) is 5.23. The normalized spacial score (nSPS) is 25.7. The van der Waals surface area contributed by atoms with E-state index in [1.54, 1.807) is 36.9 Å². The molecule has 0 saturated carbocycles. The van der Waals surface area contributed by atoms with Gasteiger partial charge in [-0.25, -0.2) is 9.67 Å². The SMILES string of the molecule is O=C(COc1ccc(Cl)cc1)N1C2CCC1CC(n1cncn1)C2. The molecule has 2 aromatic rings. The van der Waals surface area contributed by atoms with Gasteiger partial charge in [-0.3, -0.25) is 4.79 Å². The Bertz CT molecular complexity index is 690. The lowest BCUT2D eigenvalue weighted by molar-refractivity contribution is -0.138. The number of fused-ring (bicyclic) bond motifs is 2. The summed E-state index contributed by atoms with van der Waals surface area (Å²) in [5, 5.41) is 4.91. The second kappa shape index (κ2) is 6.43. The lowest BCUT2D eigenvalue weighted by Crippen LogP contribution is -2.48. The Balaban J connectivity index is 1.38. The molecule has 126 valence electrons. The Morgan fingerprint density at radius 1 is 1.17 bits per heavy atom. The van der Waals surface area contributed by atoms with Gasteiger partial charge in [0, 0.05) is 17.1 Å². The molecule has 6 nitrogen and oxygen atoms in total. The molecular formula is C17H19ClN4O2. The molecule has 2 unspecified atom stereocenters. The number of piperidine rings is 1. The van der Waals surface area contributed by atoms with E-state index in [2.05, 4.69) is 10.1 Å². The Morgan fingerprint density at radius 3 is 2.50 bits per heavy atom. The predicted molar refractivity (Wildman–Crippen MR) is 88.9 cm³/mol. The highest BCUT2D eigenvalue weighted by Gasteiger charge is 2.43. The molecule has 1 aromatic carbocycles. The fourth-order valence-electron chi connectivity index (χ4n) is 3.93. The maximum Gasteiger partial charge on any atom is 0.261 e. The van der Waals surface area contributed by atoms with Crippen LogP contribution in [0, 0.1) is 0 Å². The van der Waals surface area contributed by atoms with Crippen LogP contribution in [0.4, 0.5) is 0 Å². The van der Waals surface area contributed by atoms with Crippen molar-refractivity contribution < 1.29 is 9.53 Å². The third-order valence-electron chi connectivity index (χ3n) is 4.98. The van der Waals surface area contributed by atoms with Gasteiger partial charge in [-0.1, -0.05) is 11.6 Å². The highest BCUT2D eigenvalue weighted by molar-refractivity contribution is 6.30. The molecule has 1 amide bonds. The van der Waals surface area contributed by atoms with E-state index in [-0.39, 0.29) is 24.6 Å². The van der Waals surface area contributed by atoms with Gasteiger partial charge < -0.3 is 9.64 Å². The fourth-order valence-corrected chi connectivity index (χ4v) is 4.05. The van der Waals surface area contributed by atoms with Gasteiger partial charge >= 0.3 is 0 Å². The van der Waals surface area contributed by atoms with Crippen LogP contribution in [0.2, 0.25) is 5.02 Å². The fraction of sp³-hybridized carbons (Fsp3) is 0.471. The number of nitrogens with zero attached hydrogens (tertiary/aromatic N) is 4. The van der Waals surface area contributed by atoms with Crippen molar-refractivity contribution in [2.24, 2.45) is 0 Å². The molecule has 2 aliphatic rings. The average molecular weight is 347 g/mol. The molecule has 2 saturated heterocycles. The molecule has 24 heavy (non-hydrogen) atoms. The van der Waals surface area contributed by atoms with Crippen molar-refractivity contribution in [1.82, 2.24) is 19.7 Å². The lowest BCUT2D eigenvalue weighted by atomic mass is 9.97. The van der Waals surface area contributed by atoms with Crippen LogP contribution in [-0.2, 0) is 4.79 Å². The molecule has 3 heterocycles. The van der Waals surface area contributed by atoms with Crippen LogP contribution in [0.15, 0.2) is 36.9 Å². The van der Waals surface area contributed by atoms with E-state index in [1.807, 2.05) is 9.58 Å². The minimum atomic E-state index is 0.0643. The lowest BCUT2D eigenvalue weighted by Gasteiger charge is -2.38. The van der Waals surface area contributed by atoms with E-state index in [0.717, 1.165) is 25.7 Å². The van der Waals surface area contributed by atoms with Gasteiger partial charge in [0.1, 0.15) is 18.4 Å². The van der Waals surface area contributed by atoms with Crippen molar-refractivity contribution in [3.63, 3.8) is 0 Å². The van der Waals surface area contributed by atoms with Gasteiger partial charge in [0.25, 0.3) is 5.91 Å². The summed E-state index contributed by atoms with van der Waals surface area (Å²) in [5.74, 6) is 0.729. The number of amides is 1. The Hall–Kier alpha value is -2.08. The quantitative estimate of drug-likeness (QED) is 0.854. The minimum Gasteiger partial charge on any atom is -0.484 e. The van der Waals surface area contributed by atoms with Crippen molar-refractivity contribution in [1.29, 1.82) is 0 Å². The number of ether oxygens (including phenoxy) is 1. The van der Waals surface area contributed by atoms with Crippen LogP contribution in [0.5, 0.6) is 5.75 Å². The highest BCUT2D eigenvalue weighted by atomic mass is 35.5. The molecular weight excluding hydrogens is 328 g/mol. The van der Waals surface area contributed by atoms with Crippen molar-refractivity contribution in [2.75, 3.05) is 6.61 Å². The van der Waals surface area contributed by atoms with Crippen molar-refractivity contribution >= 4 is 17.5 Å². The number of carbonyl (C=O) groups is 1. The van der Waals surface area contributed by atoms with E-state index in [0.29, 0.717) is 16.8 Å². The van der Waals surface area contributed by atoms with E-state index in [4.69, 9.17) is 16.3 Å². The van der Waals surface area contributed by atoms with Gasteiger partial charge in [0.2, 0.25) is 0 Å². The highest BCUT2D eigenvalue weighted by Crippen LogP contribution is 2.40. The van der Waals surface area contributed by atoms with Gasteiger partial charge in [-0.05, 0) is 49.9 Å². The van der Waals surface area contributed by atoms with Crippen molar-refractivity contribution in [3.8, 4) is 5.75 Å². The Labute approximate surface area is 145 Å². The molecule has 0 spiro atoms. The zero-order valence-electron chi connectivity index (χ0n) is 13.2. The molecule has 2 atom stereocenters. The molecule has 2 aliphatic heterocycles. The summed E-state index contributed by atoms with van der Waals surface area (Å²) in [6.45, 7) is 0.0720. The van der Waals surface area contributed by atoms with Crippen LogP contribution in [-0.4, -0.2) is 44.3 Å². The number of benzene rings is 1. The molecule has 0 N–H and O–H groups in total. The monoisotopic (exact) mass is 346 g/mol.